The number of aliphatic hydroxyl groups excluding tert-OH is 3. The number of allylic oxidation sites excluding steroid dienone is 1. The highest BCUT2D eigenvalue weighted by molar-refractivity contribution is 5.59. The summed E-state index contributed by atoms with van der Waals surface area (Å²) in [5, 5.41) is 38.5. The molecule has 0 aromatic heterocycles. The molecule has 0 fully saturated rings. The summed E-state index contributed by atoms with van der Waals surface area (Å²) in [6, 6.07) is 7.16. The lowest BCUT2D eigenvalue weighted by atomic mass is 9.94. The fourth-order valence-corrected chi connectivity index (χ4v) is 2.60. The van der Waals surface area contributed by atoms with Crippen molar-refractivity contribution in [3.8, 4) is 5.75 Å². The van der Waals surface area contributed by atoms with Crippen LogP contribution in [0.4, 0.5) is 0 Å². The molecule has 1 rings (SSSR count). The van der Waals surface area contributed by atoms with E-state index < -0.39 is 6.10 Å². The van der Waals surface area contributed by atoms with Crippen molar-refractivity contribution in [3.05, 3.63) is 59.2 Å². The monoisotopic (exact) mass is 332 g/mol. The molecule has 24 heavy (non-hydrogen) atoms. The summed E-state index contributed by atoms with van der Waals surface area (Å²) in [6.07, 6.45) is 5.62. The summed E-state index contributed by atoms with van der Waals surface area (Å²) in [6.45, 7) is 5.34. The minimum absolute atomic E-state index is 0.207. The fraction of sp³-hybridized carbons (Fsp3) is 0.400. The van der Waals surface area contributed by atoms with Gasteiger partial charge in [-0.2, -0.15) is 0 Å². The minimum atomic E-state index is -0.790. The van der Waals surface area contributed by atoms with Gasteiger partial charge in [-0.15, -0.1) is 0 Å². The standard InChI is InChI=1S/C20H28O4/c1-3-6-16(13-17-7-4-5-8-19(17)23)9-10-20(24)18(11-12-21)15(2)14-22/h4-5,7-8,11,13,20-24H,2-3,6,9-10,12,14H2,1H3/b16-13+,18-11-. The van der Waals surface area contributed by atoms with E-state index in [2.05, 4.69) is 13.5 Å². The van der Waals surface area contributed by atoms with Crippen LogP contribution < -0.4 is 0 Å². The van der Waals surface area contributed by atoms with Gasteiger partial charge in [-0.25, -0.2) is 0 Å². The molecule has 1 unspecified atom stereocenters. The topological polar surface area (TPSA) is 80.9 Å². The lowest BCUT2D eigenvalue weighted by Gasteiger charge is -2.17. The van der Waals surface area contributed by atoms with Gasteiger partial charge in [0.25, 0.3) is 0 Å². The van der Waals surface area contributed by atoms with Crippen LogP contribution in [-0.4, -0.2) is 39.7 Å². The highest BCUT2D eigenvalue weighted by Gasteiger charge is 2.14. The number of phenolic OH excluding ortho intramolecular Hbond substituents is 1. The summed E-state index contributed by atoms with van der Waals surface area (Å²) in [4.78, 5) is 0. The molecule has 0 spiro atoms. The maximum atomic E-state index is 10.4. The quantitative estimate of drug-likeness (QED) is 0.496. The first-order valence-corrected chi connectivity index (χ1v) is 8.28. The van der Waals surface area contributed by atoms with Crippen LogP contribution in [0, 0.1) is 0 Å². The van der Waals surface area contributed by atoms with Crippen LogP contribution in [-0.2, 0) is 0 Å². The van der Waals surface area contributed by atoms with Gasteiger partial charge in [0.05, 0.1) is 19.3 Å². The first-order valence-electron chi connectivity index (χ1n) is 8.28. The van der Waals surface area contributed by atoms with Gasteiger partial charge >= 0.3 is 0 Å². The third kappa shape index (κ3) is 6.32. The SMILES string of the molecule is C=C(CO)/C(=C/CO)C(O)CC/C(=C/c1ccccc1O)CCC. The number of aromatic hydroxyl groups is 1. The Hall–Kier alpha value is -1.88. The van der Waals surface area contributed by atoms with Crippen molar-refractivity contribution in [1.29, 1.82) is 0 Å². The Bertz CT molecular complexity index is 587. The van der Waals surface area contributed by atoms with Gasteiger partial charge in [-0.1, -0.05) is 55.8 Å². The molecular formula is C20H28O4. The second-order valence-electron chi connectivity index (χ2n) is 5.77. The predicted octanol–water partition coefficient (Wildman–Crippen LogP) is 3.18. The van der Waals surface area contributed by atoms with Crippen molar-refractivity contribution in [2.75, 3.05) is 13.2 Å². The van der Waals surface area contributed by atoms with Crippen LogP contribution in [0.2, 0.25) is 0 Å². The number of aliphatic hydroxyl groups is 3. The van der Waals surface area contributed by atoms with Gasteiger partial charge in [0.15, 0.2) is 0 Å². The van der Waals surface area contributed by atoms with Gasteiger partial charge in [-0.3, -0.25) is 0 Å². The molecule has 4 heteroatoms. The Labute approximate surface area is 144 Å². The molecular weight excluding hydrogens is 304 g/mol. The van der Waals surface area contributed by atoms with E-state index in [1.54, 1.807) is 12.1 Å². The minimum Gasteiger partial charge on any atom is -0.507 e. The molecule has 4 nitrogen and oxygen atoms in total. The predicted molar refractivity (Wildman–Crippen MR) is 97.6 cm³/mol. The summed E-state index contributed by atoms with van der Waals surface area (Å²) in [5.41, 5.74) is 2.80. The average Bonchev–Trinajstić information content (AvgIpc) is 2.58. The number of benzene rings is 1. The van der Waals surface area contributed by atoms with Gasteiger partial charge in [0, 0.05) is 5.56 Å². The van der Waals surface area contributed by atoms with E-state index in [9.17, 15) is 15.3 Å². The largest absolute Gasteiger partial charge is 0.507 e. The van der Waals surface area contributed by atoms with Crippen LogP contribution >= 0.6 is 0 Å². The molecule has 132 valence electrons. The molecule has 1 aromatic carbocycles. The summed E-state index contributed by atoms with van der Waals surface area (Å²) in [5.74, 6) is 0.237. The van der Waals surface area contributed by atoms with E-state index in [0.717, 1.165) is 24.0 Å². The van der Waals surface area contributed by atoms with Crippen LogP contribution in [0.3, 0.4) is 0 Å². The second-order valence-corrected chi connectivity index (χ2v) is 5.77. The lowest BCUT2D eigenvalue weighted by Crippen LogP contribution is -2.14. The number of para-hydroxylation sites is 1. The second kappa shape index (κ2) is 10.8. The molecule has 0 aliphatic heterocycles. The number of rotatable bonds is 10. The molecule has 0 amide bonds. The van der Waals surface area contributed by atoms with Crippen LogP contribution in [0.1, 0.15) is 38.2 Å². The Kier molecular flexibility index (Phi) is 9.08. The van der Waals surface area contributed by atoms with E-state index in [0.29, 0.717) is 24.0 Å². The van der Waals surface area contributed by atoms with E-state index >= 15 is 0 Å². The molecule has 0 heterocycles. The molecule has 0 saturated carbocycles. The Morgan fingerprint density at radius 1 is 1.21 bits per heavy atom. The first kappa shape index (κ1) is 20.2. The van der Waals surface area contributed by atoms with E-state index in [1.165, 1.54) is 6.08 Å². The van der Waals surface area contributed by atoms with Crippen LogP contribution in [0.25, 0.3) is 6.08 Å². The third-order valence-electron chi connectivity index (χ3n) is 3.88. The normalized spacial score (nSPS) is 13.8. The number of hydrogen-bond acceptors (Lipinski definition) is 4. The van der Waals surface area contributed by atoms with E-state index in [4.69, 9.17) is 5.11 Å². The van der Waals surface area contributed by atoms with Crippen LogP contribution in [0.5, 0.6) is 5.75 Å². The van der Waals surface area contributed by atoms with Gasteiger partial charge in [0.2, 0.25) is 0 Å². The van der Waals surface area contributed by atoms with Gasteiger partial charge in [-0.05, 0) is 36.5 Å². The number of phenols is 1. The summed E-state index contributed by atoms with van der Waals surface area (Å²) in [7, 11) is 0. The van der Waals surface area contributed by atoms with E-state index in [-0.39, 0.29) is 19.0 Å². The van der Waals surface area contributed by atoms with Crippen LogP contribution in [0.15, 0.2) is 53.6 Å². The Morgan fingerprint density at radius 3 is 2.50 bits per heavy atom. The maximum absolute atomic E-state index is 10.4. The van der Waals surface area contributed by atoms with E-state index in [1.807, 2.05) is 18.2 Å². The number of hydrogen-bond donors (Lipinski definition) is 4. The molecule has 0 saturated heterocycles. The zero-order valence-corrected chi connectivity index (χ0v) is 14.3. The zero-order valence-electron chi connectivity index (χ0n) is 14.3. The highest BCUT2D eigenvalue weighted by atomic mass is 16.3. The smallest absolute Gasteiger partial charge is 0.122 e. The van der Waals surface area contributed by atoms with Crippen molar-refractivity contribution >= 4 is 6.08 Å². The lowest BCUT2D eigenvalue weighted by molar-refractivity contribution is 0.197. The van der Waals surface area contributed by atoms with Crippen molar-refractivity contribution in [1.82, 2.24) is 0 Å². The fourth-order valence-electron chi connectivity index (χ4n) is 2.60. The average molecular weight is 332 g/mol. The molecule has 0 aliphatic carbocycles. The molecule has 0 aliphatic rings. The maximum Gasteiger partial charge on any atom is 0.122 e. The molecule has 0 radical (unpaired) electrons. The van der Waals surface area contributed by atoms with Crippen molar-refractivity contribution in [3.63, 3.8) is 0 Å². The highest BCUT2D eigenvalue weighted by Crippen LogP contribution is 2.25. The van der Waals surface area contributed by atoms with Gasteiger partial charge < -0.3 is 20.4 Å². The third-order valence-corrected chi connectivity index (χ3v) is 3.88. The Morgan fingerprint density at radius 2 is 1.92 bits per heavy atom. The molecule has 1 aromatic rings. The summed E-state index contributed by atoms with van der Waals surface area (Å²) >= 11 is 0. The van der Waals surface area contributed by atoms with Crippen molar-refractivity contribution in [2.24, 2.45) is 0 Å². The van der Waals surface area contributed by atoms with Crippen molar-refractivity contribution in [2.45, 2.75) is 38.7 Å². The molecule has 4 N–H and O–H groups in total. The first-order chi connectivity index (χ1) is 11.5. The molecule has 0 bridgehead atoms. The van der Waals surface area contributed by atoms with Crippen molar-refractivity contribution < 1.29 is 20.4 Å². The Balaban J connectivity index is 2.84. The van der Waals surface area contributed by atoms with Gasteiger partial charge in [0.1, 0.15) is 5.75 Å². The zero-order chi connectivity index (χ0) is 17.9. The molecule has 1 atom stereocenters. The summed E-state index contributed by atoms with van der Waals surface area (Å²) < 4.78 is 0.